The quantitative estimate of drug-likeness (QED) is 0.581. The van der Waals surface area contributed by atoms with Crippen molar-refractivity contribution in [3.8, 4) is 22.8 Å². The Morgan fingerprint density at radius 3 is 2.56 bits per heavy atom. The third kappa shape index (κ3) is 3.03. The minimum atomic E-state index is -2.56. The molecule has 5 nitrogen and oxygen atoms in total. The van der Waals surface area contributed by atoms with E-state index in [2.05, 4.69) is 10.3 Å². The molecule has 27 heavy (non-hydrogen) atoms. The van der Waals surface area contributed by atoms with Gasteiger partial charge in [-0.05, 0) is 43.3 Å². The molecule has 0 aliphatic rings. The number of aromatic nitrogens is 4. The average molecular weight is 372 g/mol. The van der Waals surface area contributed by atoms with Crippen LogP contribution in [0.25, 0.3) is 27.7 Å². The average Bonchev–Trinajstić information content (AvgIpc) is 3.16. The monoisotopic (exact) mass is 372 g/mol. The maximum absolute atomic E-state index is 13.1. The SMILES string of the molecule is Cc1c(-c2ccc3c(O)n(CC(F)F)cc3c2)nnn1-c1ccc(F)cc1. The van der Waals surface area contributed by atoms with Gasteiger partial charge in [0.15, 0.2) is 5.88 Å². The fraction of sp³-hybridized carbons (Fsp3) is 0.158. The first-order valence-corrected chi connectivity index (χ1v) is 8.22. The number of hydrogen-bond donors (Lipinski definition) is 1. The van der Waals surface area contributed by atoms with E-state index in [9.17, 15) is 18.3 Å². The number of rotatable bonds is 4. The molecule has 2 heterocycles. The van der Waals surface area contributed by atoms with Gasteiger partial charge in [0.25, 0.3) is 6.43 Å². The second-order valence-corrected chi connectivity index (χ2v) is 6.21. The third-order valence-electron chi connectivity index (χ3n) is 4.43. The van der Waals surface area contributed by atoms with E-state index in [0.29, 0.717) is 22.2 Å². The standard InChI is InChI=1S/C19H15F3N4O/c1-11-18(23-24-26(11)15-5-3-14(20)4-6-15)12-2-7-16-13(8-12)9-25(19(16)27)10-17(21)22/h2-9,17,27H,10H2,1H3. The van der Waals surface area contributed by atoms with Crippen molar-refractivity contribution in [2.24, 2.45) is 0 Å². The van der Waals surface area contributed by atoms with Gasteiger partial charge in [0, 0.05) is 22.5 Å². The highest BCUT2D eigenvalue weighted by atomic mass is 19.3. The zero-order chi connectivity index (χ0) is 19.1. The third-order valence-corrected chi connectivity index (χ3v) is 4.43. The normalized spacial score (nSPS) is 11.6. The molecule has 0 atom stereocenters. The highest BCUT2D eigenvalue weighted by Crippen LogP contribution is 2.32. The highest BCUT2D eigenvalue weighted by molar-refractivity contribution is 5.91. The summed E-state index contributed by atoms with van der Waals surface area (Å²) >= 11 is 0. The first kappa shape index (κ1) is 17.1. The van der Waals surface area contributed by atoms with Crippen molar-refractivity contribution in [1.82, 2.24) is 19.6 Å². The van der Waals surface area contributed by atoms with Gasteiger partial charge >= 0.3 is 0 Å². The summed E-state index contributed by atoms with van der Waals surface area (Å²) in [6.07, 6.45) is -1.07. The summed E-state index contributed by atoms with van der Waals surface area (Å²) in [4.78, 5) is 0. The number of fused-ring (bicyclic) bond motifs is 1. The molecular formula is C19H15F3N4O. The number of alkyl halides is 2. The first-order valence-electron chi connectivity index (χ1n) is 8.22. The van der Waals surface area contributed by atoms with E-state index in [4.69, 9.17) is 0 Å². The first-order chi connectivity index (χ1) is 12.9. The maximum atomic E-state index is 13.1. The Kier molecular flexibility index (Phi) is 4.10. The minimum Gasteiger partial charge on any atom is -0.494 e. The summed E-state index contributed by atoms with van der Waals surface area (Å²) in [5.74, 6) is -0.529. The lowest BCUT2D eigenvalue weighted by atomic mass is 10.1. The lowest BCUT2D eigenvalue weighted by Gasteiger charge is -2.04. The molecular weight excluding hydrogens is 357 g/mol. The molecule has 8 heteroatoms. The van der Waals surface area contributed by atoms with Crippen molar-refractivity contribution in [2.75, 3.05) is 0 Å². The lowest BCUT2D eigenvalue weighted by Crippen LogP contribution is -2.04. The van der Waals surface area contributed by atoms with Gasteiger partial charge in [0.2, 0.25) is 0 Å². The van der Waals surface area contributed by atoms with Crippen molar-refractivity contribution >= 4 is 10.8 Å². The Bertz CT molecular complexity index is 1120. The number of aromatic hydroxyl groups is 1. The number of nitrogens with zero attached hydrogens (tertiary/aromatic N) is 4. The summed E-state index contributed by atoms with van der Waals surface area (Å²) in [5, 5.41) is 19.5. The molecule has 0 spiro atoms. The molecule has 2 aromatic heterocycles. The lowest BCUT2D eigenvalue weighted by molar-refractivity contribution is 0.123. The Morgan fingerprint density at radius 1 is 1.11 bits per heavy atom. The van der Waals surface area contributed by atoms with Gasteiger partial charge in [-0.3, -0.25) is 0 Å². The van der Waals surface area contributed by atoms with E-state index in [1.54, 1.807) is 35.0 Å². The predicted octanol–water partition coefficient (Wildman–Crippen LogP) is 4.31. The molecule has 0 aliphatic heterocycles. The van der Waals surface area contributed by atoms with Crippen molar-refractivity contribution in [1.29, 1.82) is 0 Å². The molecule has 2 aromatic carbocycles. The molecule has 138 valence electrons. The minimum absolute atomic E-state index is 0.191. The van der Waals surface area contributed by atoms with Gasteiger partial charge in [-0.15, -0.1) is 5.10 Å². The zero-order valence-corrected chi connectivity index (χ0v) is 14.3. The second kappa shape index (κ2) is 6.46. The Labute approximate surface area is 152 Å². The van der Waals surface area contributed by atoms with E-state index in [1.807, 2.05) is 6.92 Å². The topological polar surface area (TPSA) is 55.9 Å². The van der Waals surface area contributed by atoms with Crippen LogP contribution in [0.5, 0.6) is 5.88 Å². The number of halogens is 3. The van der Waals surface area contributed by atoms with Crippen molar-refractivity contribution in [3.63, 3.8) is 0 Å². The number of hydrogen-bond acceptors (Lipinski definition) is 3. The smallest absolute Gasteiger partial charge is 0.256 e. The van der Waals surface area contributed by atoms with Gasteiger partial charge in [-0.2, -0.15) is 0 Å². The van der Waals surface area contributed by atoms with E-state index < -0.39 is 13.0 Å². The fourth-order valence-electron chi connectivity index (χ4n) is 3.12. The molecule has 4 aromatic rings. The van der Waals surface area contributed by atoms with E-state index in [-0.39, 0.29) is 11.7 Å². The van der Waals surface area contributed by atoms with Crippen LogP contribution in [0.4, 0.5) is 13.2 Å². The van der Waals surface area contributed by atoms with Crippen LogP contribution in [-0.2, 0) is 6.54 Å². The van der Waals surface area contributed by atoms with Crippen LogP contribution in [-0.4, -0.2) is 31.1 Å². The second-order valence-electron chi connectivity index (χ2n) is 6.21. The molecule has 0 saturated carbocycles. The van der Waals surface area contributed by atoms with Gasteiger partial charge in [-0.1, -0.05) is 11.3 Å². The molecule has 0 radical (unpaired) electrons. The van der Waals surface area contributed by atoms with Crippen LogP contribution < -0.4 is 0 Å². The largest absolute Gasteiger partial charge is 0.494 e. The predicted molar refractivity (Wildman–Crippen MR) is 94.7 cm³/mol. The molecule has 0 amide bonds. The Morgan fingerprint density at radius 2 is 1.85 bits per heavy atom. The van der Waals surface area contributed by atoms with Crippen LogP contribution in [0.3, 0.4) is 0 Å². The van der Waals surface area contributed by atoms with Crippen LogP contribution >= 0.6 is 0 Å². The Balaban J connectivity index is 1.75. The van der Waals surface area contributed by atoms with Gasteiger partial charge < -0.3 is 9.67 Å². The summed E-state index contributed by atoms with van der Waals surface area (Å²) in [6, 6.07) is 11.1. The number of benzene rings is 2. The van der Waals surface area contributed by atoms with Crippen LogP contribution in [0.15, 0.2) is 48.7 Å². The van der Waals surface area contributed by atoms with E-state index in [1.165, 1.54) is 18.3 Å². The van der Waals surface area contributed by atoms with E-state index in [0.717, 1.165) is 15.8 Å². The molecule has 0 saturated heterocycles. The summed E-state index contributed by atoms with van der Waals surface area (Å²) in [5.41, 5.74) is 2.77. The maximum Gasteiger partial charge on any atom is 0.256 e. The van der Waals surface area contributed by atoms with Gasteiger partial charge in [0.05, 0.1) is 17.9 Å². The van der Waals surface area contributed by atoms with Gasteiger partial charge in [0.1, 0.15) is 11.5 Å². The molecule has 0 aliphatic carbocycles. The summed E-state index contributed by atoms with van der Waals surface area (Å²) in [7, 11) is 0. The molecule has 0 fully saturated rings. The zero-order valence-electron chi connectivity index (χ0n) is 14.3. The van der Waals surface area contributed by atoms with Crippen LogP contribution in [0.1, 0.15) is 5.69 Å². The van der Waals surface area contributed by atoms with Crippen molar-refractivity contribution in [2.45, 2.75) is 19.9 Å². The molecule has 4 rings (SSSR count). The van der Waals surface area contributed by atoms with Gasteiger partial charge in [-0.25, -0.2) is 17.9 Å². The van der Waals surface area contributed by atoms with Crippen molar-refractivity contribution in [3.05, 3.63) is 60.2 Å². The molecule has 0 bridgehead atoms. The summed E-state index contributed by atoms with van der Waals surface area (Å²) < 4.78 is 41.1. The van der Waals surface area contributed by atoms with Crippen LogP contribution in [0, 0.1) is 12.7 Å². The fourth-order valence-corrected chi connectivity index (χ4v) is 3.12. The van der Waals surface area contributed by atoms with E-state index >= 15 is 0 Å². The summed E-state index contributed by atoms with van der Waals surface area (Å²) in [6.45, 7) is 1.26. The highest BCUT2D eigenvalue weighted by Gasteiger charge is 2.16. The van der Waals surface area contributed by atoms with Crippen LogP contribution in [0.2, 0.25) is 0 Å². The molecule has 1 N–H and O–H groups in total. The molecule has 0 unspecified atom stereocenters. The Hall–Kier alpha value is -3.29. The van der Waals surface area contributed by atoms with Crippen molar-refractivity contribution < 1.29 is 18.3 Å².